The van der Waals surface area contributed by atoms with Gasteiger partial charge in [0, 0.05) is 44.4 Å². The number of piperidine rings is 1. The van der Waals surface area contributed by atoms with Gasteiger partial charge in [-0.15, -0.1) is 0 Å². The minimum atomic E-state index is 0.109. The largest absolute Gasteiger partial charge is 0.385 e. The molecule has 0 radical (unpaired) electrons. The van der Waals surface area contributed by atoms with Crippen molar-refractivity contribution in [1.82, 2.24) is 15.5 Å². The van der Waals surface area contributed by atoms with E-state index in [-0.39, 0.29) is 12.1 Å². The number of ether oxygens (including phenoxy) is 1. The Morgan fingerprint density at radius 2 is 1.94 bits per heavy atom. The van der Waals surface area contributed by atoms with Crippen LogP contribution < -0.4 is 10.6 Å². The zero-order chi connectivity index (χ0) is 24.2. The molecule has 1 heterocycles. The first-order valence-electron chi connectivity index (χ1n) is 13.6. The summed E-state index contributed by atoms with van der Waals surface area (Å²) >= 11 is 6.65. The van der Waals surface area contributed by atoms with E-state index in [0.717, 1.165) is 75.7 Å². The fourth-order valence-electron chi connectivity index (χ4n) is 6.09. The van der Waals surface area contributed by atoms with Gasteiger partial charge in [-0.1, -0.05) is 68.3 Å². The lowest BCUT2D eigenvalue weighted by Gasteiger charge is -2.38. The van der Waals surface area contributed by atoms with Gasteiger partial charge in [0.15, 0.2) is 0 Å². The first-order valence-corrected chi connectivity index (χ1v) is 13.9. The molecule has 1 aliphatic carbocycles. The van der Waals surface area contributed by atoms with Gasteiger partial charge in [0.2, 0.25) is 0 Å². The molecule has 0 unspecified atom stereocenters. The highest BCUT2D eigenvalue weighted by Crippen LogP contribution is 2.38. The summed E-state index contributed by atoms with van der Waals surface area (Å²) in [4.78, 5) is 15.4. The fraction of sp³-hybridized carbons (Fsp3) is 0.750. The summed E-state index contributed by atoms with van der Waals surface area (Å²) in [6.45, 7) is 3.28. The standard InChI is InChI=1S/C28H46ClN3O2/c1-30-20-24(19-22-11-4-3-5-12-22)31-28(33)32-17-10-13-23(21-32)25(14-8-9-18-34-2)26-15-6-7-16-27(26)29/h6-7,15-16,22-25,30H,3-5,8-14,17-21H2,1-2H3,(H,31,33)/t23-,24+,25-/m1/s1. The van der Waals surface area contributed by atoms with Crippen LogP contribution >= 0.6 is 11.6 Å². The van der Waals surface area contributed by atoms with E-state index in [9.17, 15) is 4.79 Å². The van der Waals surface area contributed by atoms with Gasteiger partial charge >= 0.3 is 6.03 Å². The maximum Gasteiger partial charge on any atom is 0.317 e. The maximum atomic E-state index is 13.3. The molecule has 1 saturated carbocycles. The smallest absolute Gasteiger partial charge is 0.317 e. The second-order valence-electron chi connectivity index (χ2n) is 10.4. The number of nitrogens with zero attached hydrogens (tertiary/aromatic N) is 1. The number of methoxy groups -OCH3 is 1. The summed E-state index contributed by atoms with van der Waals surface area (Å²) in [6, 6.07) is 8.58. The van der Waals surface area contributed by atoms with E-state index in [0.29, 0.717) is 11.8 Å². The minimum Gasteiger partial charge on any atom is -0.385 e. The highest BCUT2D eigenvalue weighted by molar-refractivity contribution is 6.31. The average Bonchev–Trinajstić information content (AvgIpc) is 2.86. The summed E-state index contributed by atoms with van der Waals surface area (Å²) in [5.74, 6) is 1.55. The molecule has 2 amide bonds. The molecule has 3 atom stereocenters. The van der Waals surface area contributed by atoms with Crippen LogP contribution in [0.2, 0.25) is 5.02 Å². The van der Waals surface area contributed by atoms with E-state index in [4.69, 9.17) is 16.3 Å². The first-order chi connectivity index (χ1) is 16.6. The number of carbonyl (C=O) groups excluding carboxylic acids is 1. The Morgan fingerprint density at radius 1 is 1.15 bits per heavy atom. The molecule has 1 aromatic rings. The quantitative estimate of drug-likeness (QED) is 0.341. The van der Waals surface area contributed by atoms with Gasteiger partial charge in [-0.05, 0) is 68.5 Å². The number of unbranched alkanes of at least 4 members (excludes halogenated alkanes) is 1. The number of carbonyl (C=O) groups is 1. The highest BCUT2D eigenvalue weighted by Gasteiger charge is 2.32. The van der Waals surface area contributed by atoms with E-state index >= 15 is 0 Å². The predicted octanol–water partition coefficient (Wildman–Crippen LogP) is 6.22. The number of benzene rings is 1. The molecule has 2 fully saturated rings. The predicted molar refractivity (Wildman–Crippen MR) is 142 cm³/mol. The molecular weight excluding hydrogens is 446 g/mol. The second-order valence-corrected chi connectivity index (χ2v) is 10.8. The zero-order valence-corrected chi connectivity index (χ0v) is 22.1. The Bertz CT molecular complexity index is 725. The van der Waals surface area contributed by atoms with Gasteiger partial charge in [-0.3, -0.25) is 0 Å². The summed E-state index contributed by atoms with van der Waals surface area (Å²) in [5, 5.41) is 7.53. The molecule has 3 rings (SSSR count). The van der Waals surface area contributed by atoms with Crippen LogP contribution in [0.25, 0.3) is 0 Å². The molecule has 6 heteroatoms. The summed E-state index contributed by atoms with van der Waals surface area (Å²) in [7, 11) is 3.74. The SMILES string of the molecule is CNC[C@H](CC1CCCCC1)NC(=O)N1CCC[C@@H]([C@@H](CCCCOC)c2ccccc2Cl)C1. The number of hydrogen-bond donors (Lipinski definition) is 2. The van der Waals surface area contributed by atoms with Crippen LogP contribution in [-0.2, 0) is 4.74 Å². The number of hydrogen-bond acceptors (Lipinski definition) is 3. The van der Waals surface area contributed by atoms with Crippen LogP contribution in [-0.4, -0.2) is 57.4 Å². The number of urea groups is 1. The van der Waals surface area contributed by atoms with E-state index in [1.165, 1.54) is 37.7 Å². The molecular formula is C28H46ClN3O2. The molecule has 0 bridgehead atoms. The van der Waals surface area contributed by atoms with Crippen LogP contribution in [0.15, 0.2) is 24.3 Å². The van der Waals surface area contributed by atoms with Gasteiger partial charge in [-0.25, -0.2) is 4.79 Å². The molecule has 1 aromatic carbocycles. The van der Waals surface area contributed by atoms with Crippen molar-refractivity contribution >= 4 is 17.6 Å². The topological polar surface area (TPSA) is 53.6 Å². The molecule has 1 saturated heterocycles. The third-order valence-electron chi connectivity index (χ3n) is 7.85. The van der Waals surface area contributed by atoms with Crippen LogP contribution in [0.3, 0.4) is 0 Å². The number of likely N-dealkylation sites (N-methyl/N-ethyl adjacent to an activating group) is 1. The lowest BCUT2D eigenvalue weighted by atomic mass is 9.78. The van der Waals surface area contributed by atoms with Crippen LogP contribution in [0.5, 0.6) is 0 Å². The third-order valence-corrected chi connectivity index (χ3v) is 8.20. The number of halogens is 1. The van der Waals surface area contributed by atoms with Gasteiger partial charge in [0.25, 0.3) is 0 Å². The van der Waals surface area contributed by atoms with Crippen molar-refractivity contribution in [2.45, 2.75) is 82.6 Å². The molecule has 2 N–H and O–H groups in total. The van der Waals surface area contributed by atoms with Crippen molar-refractivity contribution in [3.63, 3.8) is 0 Å². The molecule has 1 aliphatic heterocycles. The Kier molecular flexibility index (Phi) is 12.0. The zero-order valence-electron chi connectivity index (χ0n) is 21.4. The Morgan fingerprint density at radius 3 is 2.68 bits per heavy atom. The maximum absolute atomic E-state index is 13.3. The Balaban J connectivity index is 1.62. The molecule has 0 aromatic heterocycles. The summed E-state index contributed by atoms with van der Waals surface area (Å²) < 4.78 is 5.27. The summed E-state index contributed by atoms with van der Waals surface area (Å²) in [6.07, 6.45) is 13.2. The highest BCUT2D eigenvalue weighted by atomic mass is 35.5. The van der Waals surface area contributed by atoms with Crippen molar-refractivity contribution in [2.75, 3.05) is 40.4 Å². The number of likely N-dealkylation sites (tertiary alicyclic amines) is 1. The van der Waals surface area contributed by atoms with E-state index in [1.54, 1.807) is 7.11 Å². The molecule has 5 nitrogen and oxygen atoms in total. The Labute approximate surface area is 212 Å². The van der Waals surface area contributed by atoms with Crippen molar-refractivity contribution in [1.29, 1.82) is 0 Å². The molecule has 0 spiro atoms. The van der Waals surface area contributed by atoms with Crippen LogP contribution in [0.1, 0.15) is 82.1 Å². The van der Waals surface area contributed by atoms with Crippen molar-refractivity contribution < 1.29 is 9.53 Å². The van der Waals surface area contributed by atoms with Gasteiger partial charge in [-0.2, -0.15) is 0 Å². The molecule has 34 heavy (non-hydrogen) atoms. The van der Waals surface area contributed by atoms with E-state index < -0.39 is 0 Å². The Hall–Kier alpha value is -1.30. The van der Waals surface area contributed by atoms with Gasteiger partial charge < -0.3 is 20.3 Å². The van der Waals surface area contributed by atoms with E-state index in [1.807, 2.05) is 19.2 Å². The van der Waals surface area contributed by atoms with Crippen LogP contribution in [0.4, 0.5) is 4.79 Å². The van der Waals surface area contributed by atoms with Crippen molar-refractivity contribution in [2.24, 2.45) is 11.8 Å². The normalized spacial score (nSPS) is 21.3. The average molecular weight is 492 g/mol. The first kappa shape index (κ1) is 27.3. The monoisotopic (exact) mass is 491 g/mol. The van der Waals surface area contributed by atoms with E-state index in [2.05, 4.69) is 27.7 Å². The second kappa shape index (κ2) is 15.0. The third kappa shape index (κ3) is 8.42. The number of nitrogens with one attached hydrogen (secondary N) is 2. The summed E-state index contributed by atoms with van der Waals surface area (Å²) in [5.41, 5.74) is 1.24. The minimum absolute atomic E-state index is 0.109. The van der Waals surface area contributed by atoms with Crippen molar-refractivity contribution in [3.05, 3.63) is 34.9 Å². The van der Waals surface area contributed by atoms with Crippen molar-refractivity contribution in [3.8, 4) is 0 Å². The van der Waals surface area contributed by atoms with Gasteiger partial charge in [0.1, 0.15) is 0 Å². The number of amides is 2. The number of rotatable bonds is 12. The molecule has 192 valence electrons. The fourth-order valence-corrected chi connectivity index (χ4v) is 6.36. The molecule has 2 aliphatic rings. The van der Waals surface area contributed by atoms with Gasteiger partial charge in [0.05, 0.1) is 0 Å². The lowest BCUT2D eigenvalue weighted by molar-refractivity contribution is 0.147. The lowest BCUT2D eigenvalue weighted by Crippen LogP contribution is -2.51. The van der Waals surface area contributed by atoms with Crippen LogP contribution in [0, 0.1) is 11.8 Å².